The van der Waals surface area contributed by atoms with Crippen LogP contribution in [0.4, 0.5) is 0 Å². The molecule has 0 bridgehead atoms. The lowest BCUT2D eigenvalue weighted by molar-refractivity contribution is -0.369. The van der Waals surface area contributed by atoms with Crippen molar-refractivity contribution in [2.75, 3.05) is 6.61 Å². The summed E-state index contributed by atoms with van der Waals surface area (Å²) in [4.78, 5) is 0. The summed E-state index contributed by atoms with van der Waals surface area (Å²) in [6, 6.07) is 0. The normalized spacial score (nSPS) is 51.0. The molecular formula is C57H86O21S2. The van der Waals surface area contributed by atoms with E-state index in [0.717, 1.165) is 24.0 Å². The van der Waals surface area contributed by atoms with Gasteiger partial charge in [-0.2, -0.15) is 16.8 Å². The second-order valence-corrected chi connectivity index (χ2v) is 28.7. The van der Waals surface area contributed by atoms with Gasteiger partial charge in [-0.1, -0.05) is 43.9 Å². The molecule has 11 saturated heterocycles. The van der Waals surface area contributed by atoms with Gasteiger partial charge >= 0.3 is 20.8 Å². The van der Waals surface area contributed by atoms with Gasteiger partial charge in [0.15, 0.2) is 0 Å². The SMILES string of the molecule is C=CCC(=C)/C=C/C[C@@](C)(O)[C@H]1O[C@@H]2C[C@@H]3O[C@@H]4C[C@@H]5O[C@@H]6C[C@@H]7O[C@@H]8C[C@@H]9O[C@]%10(C)C[C@@H]%11O[C@](C)(CCOS(=O)(=O)O)[C@@H](OS(=O)(=O)O)C[C@H]%11O[C@H]%10C[C@H]9O[C@H]8CC[C@@]7(C)O[C@@]6(C)CC[C@H](C)[C@H]5O[C@H]4[C@@H](O)[C@@]3(C)O[C@H]2CC1=C. The number of hydrogen-bond donors (Lipinski definition) is 4. The van der Waals surface area contributed by atoms with Crippen LogP contribution in [-0.2, 0) is 81.3 Å². The third-order valence-electron chi connectivity index (χ3n) is 20.3. The molecule has 0 aromatic carbocycles. The fourth-order valence-corrected chi connectivity index (χ4v) is 16.7. The first kappa shape index (κ1) is 59.9. The first-order valence-electron chi connectivity index (χ1n) is 29.0. The molecule has 4 N–H and O–H groups in total. The third-order valence-corrected chi connectivity index (χ3v) is 21.3. The van der Waals surface area contributed by atoms with Gasteiger partial charge in [0.1, 0.15) is 30.0 Å². The second kappa shape index (κ2) is 21.5. The van der Waals surface area contributed by atoms with E-state index in [1.54, 1.807) is 13.0 Å². The lowest BCUT2D eigenvalue weighted by Gasteiger charge is -2.61. The lowest BCUT2D eigenvalue weighted by Crippen LogP contribution is -2.74. The Morgan fingerprint density at radius 2 is 1.31 bits per heavy atom. The van der Waals surface area contributed by atoms with E-state index in [-0.39, 0.29) is 67.6 Å². The lowest BCUT2D eigenvalue weighted by atomic mass is 9.72. The third kappa shape index (κ3) is 11.5. The number of hydrogen-bond acceptors (Lipinski definition) is 19. The highest BCUT2D eigenvalue weighted by Gasteiger charge is 2.66. The second-order valence-electron chi connectivity index (χ2n) is 26.6. The van der Waals surface area contributed by atoms with Crippen LogP contribution in [0.25, 0.3) is 0 Å². The highest BCUT2D eigenvalue weighted by Crippen LogP contribution is 2.55. The van der Waals surface area contributed by atoms with E-state index in [2.05, 4.69) is 44.7 Å². The molecule has 26 atom stereocenters. The minimum Gasteiger partial charge on any atom is -0.387 e. The van der Waals surface area contributed by atoms with E-state index in [0.29, 0.717) is 70.6 Å². The molecule has 0 aliphatic carbocycles. The summed E-state index contributed by atoms with van der Waals surface area (Å²) in [6.07, 6.45) is 2.73. The minimum absolute atomic E-state index is 0.00775. The standard InChI is InChI=1S/C57H86O21S2/c1-11-13-30(2)14-12-17-52(5,59)51-32(4)22-38-36(72-51)27-47-57(10,76-38)50(58)49-41(71-47)24-40-48(73-49)31(3)15-18-54(7)45(70-40)28-44-55(8,78-54)19-16-33-34(68-44)23-39-35(67-33)25-43-56(9,74-39)29-42-37(69-43)26-46(77-80(63,64)65)53(6,75-42)20-21-66-79(60,61)62/h11-12,14,31,33-51,58-59H,1-2,4,13,15-29H2,3,5-10H3,(H,60,61,62)(H,63,64,65)/b14-12+/t31-,33-,34+,35+,36+,37+,38-,39-,40-,41+,42-,43-,44-,45+,46-,47-,48+,49+,50+,51-,52+,53+,54-,55+,56+,57-/m0/s1. The minimum atomic E-state index is -4.96. The van der Waals surface area contributed by atoms with Crippen molar-refractivity contribution >= 4 is 20.8 Å². The average Bonchev–Trinajstić information content (AvgIpc) is 3.53. The van der Waals surface area contributed by atoms with Crippen molar-refractivity contribution in [3.05, 3.63) is 49.1 Å². The first-order valence-corrected chi connectivity index (χ1v) is 31.7. The molecule has 11 aliphatic heterocycles. The molecule has 0 aromatic heterocycles. The van der Waals surface area contributed by atoms with Crippen molar-refractivity contribution in [2.45, 2.75) is 294 Å². The molecule has 23 heteroatoms. The molecule has 11 aliphatic rings. The molecule has 0 radical (unpaired) electrons. The summed E-state index contributed by atoms with van der Waals surface area (Å²) >= 11 is 0. The van der Waals surface area contributed by atoms with Crippen LogP contribution < -0.4 is 0 Å². The topological polar surface area (TPSA) is 269 Å². The van der Waals surface area contributed by atoms with Crippen LogP contribution in [0.1, 0.15) is 145 Å². The van der Waals surface area contributed by atoms with Crippen LogP contribution in [-0.4, -0.2) is 192 Å². The van der Waals surface area contributed by atoms with E-state index >= 15 is 0 Å². The van der Waals surface area contributed by atoms with Gasteiger partial charge in [0, 0.05) is 51.4 Å². The van der Waals surface area contributed by atoms with Gasteiger partial charge in [-0.15, -0.1) is 6.58 Å². The maximum Gasteiger partial charge on any atom is 0.397 e. The van der Waals surface area contributed by atoms with Crippen molar-refractivity contribution in [2.24, 2.45) is 5.92 Å². The van der Waals surface area contributed by atoms with Gasteiger partial charge in [0.25, 0.3) is 0 Å². The summed E-state index contributed by atoms with van der Waals surface area (Å²) in [5.41, 5.74) is -4.36. The molecule has 0 unspecified atom stereocenters. The van der Waals surface area contributed by atoms with Crippen molar-refractivity contribution in [1.82, 2.24) is 0 Å². The Hall–Kier alpha value is -1.82. The summed E-state index contributed by atoms with van der Waals surface area (Å²) in [7, 11) is -9.76. The fraction of sp³-hybridized carbons (Fsp3) is 0.860. The molecule has 0 spiro atoms. The Bertz CT molecular complexity index is 2620. The molecule has 0 saturated carbocycles. The van der Waals surface area contributed by atoms with Gasteiger partial charge < -0.3 is 62.3 Å². The van der Waals surface area contributed by atoms with Crippen LogP contribution >= 0.6 is 0 Å². The quantitative estimate of drug-likeness (QED) is 0.102. The molecule has 452 valence electrons. The van der Waals surface area contributed by atoms with Crippen molar-refractivity contribution in [3.8, 4) is 0 Å². The zero-order chi connectivity index (χ0) is 57.3. The average molecular weight is 1170 g/mol. The van der Waals surface area contributed by atoms with E-state index in [1.807, 2.05) is 26.0 Å². The fourth-order valence-electron chi connectivity index (χ4n) is 15.8. The summed E-state index contributed by atoms with van der Waals surface area (Å²) in [5.74, 6) is 0.0653. The van der Waals surface area contributed by atoms with E-state index in [9.17, 15) is 36.2 Å². The molecule has 0 amide bonds. The van der Waals surface area contributed by atoms with Crippen molar-refractivity contribution < 1.29 is 96.6 Å². The Kier molecular flexibility index (Phi) is 16.1. The largest absolute Gasteiger partial charge is 0.397 e. The molecule has 11 heterocycles. The Morgan fingerprint density at radius 3 is 2.01 bits per heavy atom. The number of allylic oxidation sites excluding steroid dienone is 3. The molecule has 11 fully saturated rings. The maximum atomic E-state index is 12.4. The van der Waals surface area contributed by atoms with Crippen molar-refractivity contribution in [1.29, 1.82) is 0 Å². The number of aliphatic hydroxyl groups is 2. The van der Waals surface area contributed by atoms with Crippen LogP contribution in [0.15, 0.2) is 49.1 Å². The van der Waals surface area contributed by atoms with Gasteiger partial charge in [-0.3, -0.25) is 9.11 Å². The molecule has 21 nitrogen and oxygen atoms in total. The predicted octanol–water partition coefficient (Wildman–Crippen LogP) is 5.84. The van der Waals surface area contributed by atoms with Gasteiger partial charge in [-0.05, 0) is 98.0 Å². The summed E-state index contributed by atoms with van der Waals surface area (Å²) < 4.78 is 152. The van der Waals surface area contributed by atoms with Crippen molar-refractivity contribution in [3.63, 3.8) is 0 Å². The number of ether oxygens (including phenoxy) is 11. The zero-order valence-electron chi connectivity index (χ0n) is 47.3. The number of fused-ring (bicyclic) bond motifs is 10. The van der Waals surface area contributed by atoms with Crippen LogP contribution in [0, 0.1) is 5.92 Å². The predicted molar refractivity (Wildman–Crippen MR) is 285 cm³/mol. The summed E-state index contributed by atoms with van der Waals surface area (Å²) in [5, 5.41) is 24.1. The van der Waals surface area contributed by atoms with Gasteiger partial charge in [-0.25, -0.2) is 8.37 Å². The van der Waals surface area contributed by atoms with Crippen LogP contribution in [0.3, 0.4) is 0 Å². The van der Waals surface area contributed by atoms with E-state index < -0.39 is 128 Å². The Balaban J connectivity index is 0.752. The molecular weight excluding hydrogens is 1080 g/mol. The first-order chi connectivity index (χ1) is 37.4. The highest BCUT2D eigenvalue weighted by atomic mass is 32.3. The zero-order valence-corrected chi connectivity index (χ0v) is 48.9. The highest BCUT2D eigenvalue weighted by molar-refractivity contribution is 7.81. The molecule has 0 aromatic rings. The van der Waals surface area contributed by atoms with E-state index in [1.165, 1.54) is 6.92 Å². The van der Waals surface area contributed by atoms with E-state index in [4.69, 9.17) is 56.3 Å². The summed E-state index contributed by atoms with van der Waals surface area (Å²) in [6.45, 7) is 25.3. The smallest absolute Gasteiger partial charge is 0.387 e. The monoisotopic (exact) mass is 1170 g/mol. The Labute approximate surface area is 471 Å². The molecule has 80 heavy (non-hydrogen) atoms. The van der Waals surface area contributed by atoms with Gasteiger partial charge in [0.2, 0.25) is 0 Å². The van der Waals surface area contributed by atoms with Crippen LogP contribution in [0.2, 0.25) is 0 Å². The number of rotatable bonds is 12. The number of aliphatic hydroxyl groups excluding tert-OH is 1. The van der Waals surface area contributed by atoms with Crippen LogP contribution in [0.5, 0.6) is 0 Å². The van der Waals surface area contributed by atoms with Gasteiger partial charge in [0.05, 0.1) is 126 Å². The molecule has 11 rings (SSSR count). The maximum absolute atomic E-state index is 12.4. The Morgan fingerprint density at radius 1 is 0.700 bits per heavy atom.